The van der Waals surface area contributed by atoms with Crippen molar-refractivity contribution < 1.29 is 0 Å². The average molecular weight is 779 g/mol. The largest absolute Gasteiger partial charge is 0.135 e. The summed E-state index contributed by atoms with van der Waals surface area (Å²) in [4.78, 5) is 0. The highest BCUT2D eigenvalue weighted by Crippen LogP contribution is 2.52. The van der Waals surface area contributed by atoms with E-state index in [4.69, 9.17) is 0 Å². The van der Waals surface area contributed by atoms with Crippen LogP contribution in [-0.4, -0.2) is 0 Å². The highest BCUT2D eigenvalue weighted by molar-refractivity contribution is 7.25. The van der Waals surface area contributed by atoms with E-state index >= 15 is 0 Å². The van der Waals surface area contributed by atoms with Gasteiger partial charge in [-0.1, -0.05) is 178 Å². The number of rotatable bonds is 3. The summed E-state index contributed by atoms with van der Waals surface area (Å²) in [5, 5.41) is 15.4. The SMILES string of the molecule is CC1(C)c2ccccc2-c2cc3c(cc21)sc1cc2cc(-c4ccc(-c5c6ccccc6c(-c6cccc7ccccc67)c6ccccc56)c5ccccc45)ccc2cc13. The quantitative estimate of drug-likeness (QED) is 0.157. The van der Waals surface area contributed by atoms with Gasteiger partial charge in [-0.3, -0.25) is 0 Å². The molecule has 280 valence electrons. The monoisotopic (exact) mass is 778 g/mol. The first-order chi connectivity index (χ1) is 29.5. The van der Waals surface area contributed by atoms with E-state index in [-0.39, 0.29) is 5.41 Å². The molecule has 0 spiro atoms. The fourth-order valence-corrected chi connectivity index (χ4v) is 12.0. The topological polar surface area (TPSA) is 0 Å². The summed E-state index contributed by atoms with van der Waals surface area (Å²) in [6.45, 7) is 4.74. The van der Waals surface area contributed by atoms with Crippen LogP contribution in [0.4, 0.5) is 0 Å². The van der Waals surface area contributed by atoms with Crippen LogP contribution >= 0.6 is 11.3 Å². The molecule has 1 heterocycles. The van der Waals surface area contributed by atoms with Crippen LogP contribution in [0.1, 0.15) is 25.0 Å². The Morgan fingerprint density at radius 3 is 1.57 bits per heavy atom. The first-order valence-corrected chi connectivity index (χ1v) is 21.8. The standard InChI is InChI=1S/C59H38S/c1-59(2)53-25-12-11-19-43(53)50-33-52-51-31-36-26-27-37(30-38(36)32-55(51)60-56(52)34-54(50)59)40-28-29-49(42-18-6-5-17-41(40)42)58-47-22-9-7-20-45(47)57(46-21-8-10-23-48(46)58)44-24-13-15-35-14-3-4-16-39(35)44/h3-34H,1-2H3. The van der Waals surface area contributed by atoms with Crippen molar-refractivity contribution in [2.75, 3.05) is 0 Å². The molecule has 11 aromatic carbocycles. The zero-order chi connectivity index (χ0) is 39.7. The van der Waals surface area contributed by atoms with E-state index in [1.54, 1.807) is 0 Å². The predicted molar refractivity (Wildman–Crippen MR) is 261 cm³/mol. The summed E-state index contributed by atoms with van der Waals surface area (Å²) in [7, 11) is 0. The molecule has 0 nitrogen and oxygen atoms in total. The molecule has 0 atom stereocenters. The van der Waals surface area contributed by atoms with Crippen molar-refractivity contribution in [1.29, 1.82) is 0 Å². The van der Waals surface area contributed by atoms with E-state index in [0.29, 0.717) is 0 Å². The van der Waals surface area contributed by atoms with Gasteiger partial charge >= 0.3 is 0 Å². The van der Waals surface area contributed by atoms with Gasteiger partial charge in [0, 0.05) is 25.6 Å². The number of benzene rings is 11. The Morgan fingerprint density at radius 2 is 0.833 bits per heavy atom. The lowest BCUT2D eigenvalue weighted by atomic mass is 9.82. The van der Waals surface area contributed by atoms with Crippen molar-refractivity contribution in [3.8, 4) is 44.5 Å². The summed E-state index contributed by atoms with van der Waals surface area (Å²) >= 11 is 1.93. The molecule has 1 aliphatic carbocycles. The third kappa shape index (κ3) is 4.73. The van der Waals surface area contributed by atoms with Crippen molar-refractivity contribution in [1.82, 2.24) is 0 Å². The molecule has 12 aromatic rings. The highest BCUT2D eigenvalue weighted by Gasteiger charge is 2.35. The average Bonchev–Trinajstić information content (AvgIpc) is 3.75. The molecule has 1 aromatic heterocycles. The molecule has 0 N–H and O–H groups in total. The molecule has 1 aliphatic rings. The molecule has 0 saturated heterocycles. The minimum Gasteiger partial charge on any atom is -0.135 e. The molecular formula is C59H38S. The summed E-state index contributed by atoms with van der Waals surface area (Å²) in [6.07, 6.45) is 0. The molecule has 0 fully saturated rings. The van der Waals surface area contributed by atoms with Crippen molar-refractivity contribution >= 4 is 85.4 Å². The second-order valence-corrected chi connectivity index (χ2v) is 18.2. The Labute approximate surface area is 352 Å². The van der Waals surface area contributed by atoms with E-state index < -0.39 is 0 Å². The van der Waals surface area contributed by atoms with Crippen molar-refractivity contribution in [3.05, 3.63) is 205 Å². The van der Waals surface area contributed by atoms with E-state index in [2.05, 4.69) is 208 Å². The van der Waals surface area contributed by atoms with Crippen LogP contribution in [0.5, 0.6) is 0 Å². The maximum absolute atomic E-state index is 2.47. The van der Waals surface area contributed by atoms with Crippen molar-refractivity contribution in [2.45, 2.75) is 19.3 Å². The van der Waals surface area contributed by atoms with Crippen LogP contribution in [0.3, 0.4) is 0 Å². The third-order valence-electron chi connectivity index (χ3n) is 13.6. The van der Waals surface area contributed by atoms with Crippen LogP contribution in [0.15, 0.2) is 194 Å². The van der Waals surface area contributed by atoms with Gasteiger partial charge in [0.2, 0.25) is 0 Å². The summed E-state index contributed by atoms with van der Waals surface area (Å²) in [5.74, 6) is 0. The van der Waals surface area contributed by atoms with Crippen LogP contribution < -0.4 is 0 Å². The lowest BCUT2D eigenvalue weighted by Crippen LogP contribution is -2.14. The molecule has 0 bridgehead atoms. The van der Waals surface area contributed by atoms with Gasteiger partial charge in [-0.15, -0.1) is 11.3 Å². The van der Waals surface area contributed by atoms with Gasteiger partial charge in [0.15, 0.2) is 0 Å². The van der Waals surface area contributed by atoms with E-state index in [0.717, 1.165) is 0 Å². The van der Waals surface area contributed by atoms with Gasteiger partial charge < -0.3 is 0 Å². The molecule has 0 aliphatic heterocycles. The molecule has 0 unspecified atom stereocenters. The lowest BCUT2D eigenvalue weighted by molar-refractivity contribution is 0.661. The van der Waals surface area contributed by atoms with Crippen LogP contribution in [-0.2, 0) is 5.41 Å². The summed E-state index contributed by atoms with van der Waals surface area (Å²) < 4.78 is 2.71. The van der Waals surface area contributed by atoms with E-state index in [9.17, 15) is 0 Å². The molecular weight excluding hydrogens is 741 g/mol. The maximum Gasteiger partial charge on any atom is 0.0361 e. The Hall–Kier alpha value is -7.06. The first-order valence-electron chi connectivity index (χ1n) is 21.0. The smallest absolute Gasteiger partial charge is 0.0361 e. The molecule has 0 radical (unpaired) electrons. The predicted octanol–water partition coefficient (Wildman–Crippen LogP) is 17.1. The van der Waals surface area contributed by atoms with Gasteiger partial charge in [0.25, 0.3) is 0 Å². The van der Waals surface area contributed by atoms with Gasteiger partial charge in [-0.2, -0.15) is 0 Å². The molecule has 0 saturated carbocycles. The molecule has 13 rings (SSSR count). The number of hydrogen-bond acceptors (Lipinski definition) is 1. The fraction of sp³-hybridized carbons (Fsp3) is 0.0508. The third-order valence-corrected chi connectivity index (χ3v) is 14.7. The molecule has 60 heavy (non-hydrogen) atoms. The Balaban J connectivity index is 0.984. The summed E-state index contributed by atoms with van der Waals surface area (Å²) in [6, 6.07) is 73.1. The second-order valence-electron chi connectivity index (χ2n) is 17.2. The van der Waals surface area contributed by atoms with Crippen LogP contribution in [0.25, 0.3) is 119 Å². The van der Waals surface area contributed by atoms with Gasteiger partial charge in [0.05, 0.1) is 0 Å². The van der Waals surface area contributed by atoms with Gasteiger partial charge in [-0.25, -0.2) is 0 Å². The highest BCUT2D eigenvalue weighted by atomic mass is 32.1. The normalized spacial score (nSPS) is 13.3. The minimum absolute atomic E-state index is 0.00459. The van der Waals surface area contributed by atoms with Gasteiger partial charge in [0.1, 0.15) is 0 Å². The van der Waals surface area contributed by atoms with E-state index in [1.807, 2.05) is 11.3 Å². The lowest BCUT2D eigenvalue weighted by Gasteiger charge is -2.21. The van der Waals surface area contributed by atoms with Gasteiger partial charge in [-0.05, 0) is 140 Å². The first kappa shape index (κ1) is 33.9. The molecule has 0 amide bonds. The number of thiophene rings is 1. The maximum atomic E-state index is 2.47. The Kier molecular flexibility index (Phi) is 7.04. The Bertz CT molecular complexity index is 3740. The fourth-order valence-electron chi connectivity index (χ4n) is 10.8. The second kappa shape index (κ2) is 12.5. The number of hydrogen-bond donors (Lipinski definition) is 0. The summed E-state index contributed by atoms with van der Waals surface area (Å²) in [5.41, 5.74) is 13.2. The van der Waals surface area contributed by atoms with Crippen LogP contribution in [0, 0.1) is 0 Å². The van der Waals surface area contributed by atoms with Crippen LogP contribution in [0.2, 0.25) is 0 Å². The van der Waals surface area contributed by atoms with Crippen molar-refractivity contribution in [2.24, 2.45) is 0 Å². The minimum atomic E-state index is -0.00459. The van der Waals surface area contributed by atoms with E-state index in [1.165, 1.54) is 130 Å². The zero-order valence-electron chi connectivity index (χ0n) is 33.4. The van der Waals surface area contributed by atoms with Crippen molar-refractivity contribution in [3.63, 3.8) is 0 Å². The molecule has 1 heteroatoms. The zero-order valence-corrected chi connectivity index (χ0v) is 34.2. The number of fused-ring (bicyclic) bond motifs is 11. The Morgan fingerprint density at radius 1 is 0.300 bits per heavy atom.